The first-order chi connectivity index (χ1) is 23.8. The van der Waals surface area contributed by atoms with E-state index in [0.29, 0.717) is 30.0 Å². The number of fused-ring (bicyclic) bond motifs is 3. The zero-order valence-corrected chi connectivity index (χ0v) is 28.3. The molecule has 10 nitrogen and oxygen atoms in total. The Morgan fingerprint density at radius 3 is 2.46 bits per heavy atom. The number of ether oxygens (including phenoxy) is 2. The van der Waals surface area contributed by atoms with Gasteiger partial charge in [0, 0.05) is 49.1 Å². The van der Waals surface area contributed by atoms with E-state index in [0.717, 1.165) is 51.0 Å². The molecule has 2 aromatic carbocycles. The zero-order valence-electron chi connectivity index (χ0n) is 27.5. The van der Waals surface area contributed by atoms with Crippen LogP contribution in [-0.2, 0) is 10.9 Å². The number of thiophene rings is 1. The molecule has 0 aliphatic carbocycles. The Balaban J connectivity index is 0.000000217. The SMILES string of the molecule is CNc1nc(OC)nc2c(F)c(-c3ccc(F)c4sc(N)c(C#N)c34)c(C(F)(F)F)cc12.COC(=O)N1CCCC1.FC1CC2CCCN2C1. The molecule has 3 aliphatic rings. The van der Waals surface area contributed by atoms with Crippen molar-refractivity contribution in [2.45, 2.75) is 50.5 Å². The number of methoxy groups -OCH3 is 2. The number of nitrogens with two attached hydrogens (primary N) is 1. The van der Waals surface area contributed by atoms with Gasteiger partial charge in [0.2, 0.25) is 0 Å². The lowest BCUT2D eigenvalue weighted by atomic mass is 9.92. The van der Waals surface area contributed by atoms with Gasteiger partial charge in [-0.05, 0) is 56.3 Å². The number of nitriles is 1. The third kappa shape index (κ3) is 7.31. The largest absolute Gasteiger partial charge is 0.467 e. The topological polar surface area (TPSA) is 130 Å². The third-order valence-electron chi connectivity index (χ3n) is 8.83. The van der Waals surface area contributed by atoms with Crippen LogP contribution in [0.1, 0.15) is 43.2 Å². The summed E-state index contributed by atoms with van der Waals surface area (Å²) in [5.41, 5.74) is 2.55. The number of nitrogens with one attached hydrogen (secondary N) is 1. The predicted octanol–water partition coefficient (Wildman–Crippen LogP) is 7.35. The number of amides is 1. The molecule has 3 N–H and O–H groups in total. The number of halogens is 6. The Labute approximate surface area is 287 Å². The number of alkyl halides is 4. The zero-order chi connectivity index (χ0) is 36.3. The molecule has 0 radical (unpaired) electrons. The molecule has 3 saturated heterocycles. The van der Waals surface area contributed by atoms with E-state index in [2.05, 4.69) is 24.9 Å². The summed E-state index contributed by atoms with van der Waals surface area (Å²) in [6.07, 6.45) is -0.130. The molecule has 0 saturated carbocycles. The summed E-state index contributed by atoms with van der Waals surface area (Å²) < 4.78 is 94.3. The molecule has 0 bridgehead atoms. The number of rotatable bonds is 3. The summed E-state index contributed by atoms with van der Waals surface area (Å²) >= 11 is 0.695. The van der Waals surface area contributed by atoms with Crippen LogP contribution >= 0.6 is 11.3 Å². The lowest BCUT2D eigenvalue weighted by Crippen LogP contribution is -2.27. The van der Waals surface area contributed by atoms with Crippen molar-refractivity contribution < 1.29 is 40.6 Å². The van der Waals surface area contributed by atoms with Crippen molar-refractivity contribution in [3.8, 4) is 23.2 Å². The quantitative estimate of drug-likeness (QED) is 0.209. The van der Waals surface area contributed by atoms with E-state index in [4.69, 9.17) is 10.5 Å². The second-order valence-electron chi connectivity index (χ2n) is 11.9. The fourth-order valence-electron chi connectivity index (χ4n) is 6.54. The predicted molar refractivity (Wildman–Crippen MR) is 178 cm³/mol. The van der Waals surface area contributed by atoms with Gasteiger partial charge in [0.1, 0.15) is 34.4 Å². The van der Waals surface area contributed by atoms with Crippen LogP contribution in [0.5, 0.6) is 6.01 Å². The first-order valence-corrected chi connectivity index (χ1v) is 16.6. The van der Waals surface area contributed by atoms with Crippen LogP contribution in [0.15, 0.2) is 18.2 Å². The molecule has 2 atom stereocenters. The average Bonchev–Trinajstić information content (AvgIpc) is 3.90. The van der Waals surface area contributed by atoms with E-state index in [1.807, 2.05) is 0 Å². The van der Waals surface area contributed by atoms with Crippen LogP contribution in [0.3, 0.4) is 0 Å². The van der Waals surface area contributed by atoms with Crippen LogP contribution in [0.4, 0.5) is 42.0 Å². The number of hydrogen-bond donors (Lipinski definition) is 2. The lowest BCUT2D eigenvalue weighted by Gasteiger charge is -2.18. The maximum absolute atomic E-state index is 15.8. The highest BCUT2D eigenvalue weighted by Gasteiger charge is 2.38. The molecule has 1 amide bonds. The minimum Gasteiger partial charge on any atom is -0.467 e. The van der Waals surface area contributed by atoms with E-state index in [9.17, 15) is 32.0 Å². The second-order valence-corrected chi connectivity index (χ2v) is 12.9. The normalized spacial score (nSPS) is 18.6. The monoisotopic (exact) mass is 723 g/mol. The Kier molecular flexibility index (Phi) is 11.1. The highest BCUT2D eigenvalue weighted by molar-refractivity contribution is 7.23. The standard InChI is InChI=1S/C20H12F5N5OS.C7H12FN.C6H11NO2/c1-28-18-8-5-10(20(23,24)25)13(14(22)15(8)29-19(30-18)31-2)7-3-4-11(21)16-12(7)9(6-26)17(27)32-16;8-6-4-7-2-1-3-9(7)5-6;1-9-6(8)7-4-2-3-5-7/h3-5H,27H2,1-2H3,(H,28,29,30);6-7H,1-5H2;2-5H2,1H3. The first-order valence-electron chi connectivity index (χ1n) is 15.8. The van der Waals surface area contributed by atoms with Crippen LogP contribution in [0, 0.1) is 23.0 Å². The fraction of sp³-hybridized carbons (Fsp3) is 0.455. The number of aromatic nitrogens is 2. The Hall–Kier alpha value is -4.56. The summed E-state index contributed by atoms with van der Waals surface area (Å²) in [5, 5.41) is 11.5. The number of likely N-dealkylation sites (tertiary alicyclic amines) is 1. The molecule has 5 heterocycles. The van der Waals surface area contributed by atoms with Crippen molar-refractivity contribution in [3.63, 3.8) is 0 Å². The van der Waals surface area contributed by atoms with Crippen molar-refractivity contribution in [2.75, 3.05) is 58.5 Å². The van der Waals surface area contributed by atoms with Gasteiger partial charge in [-0.2, -0.15) is 28.4 Å². The molecular formula is C33H35F6N7O3S. The van der Waals surface area contributed by atoms with Crippen LogP contribution < -0.4 is 15.8 Å². The summed E-state index contributed by atoms with van der Waals surface area (Å²) in [7, 11) is 4.04. The van der Waals surface area contributed by atoms with Gasteiger partial charge < -0.3 is 25.4 Å². The third-order valence-corrected chi connectivity index (χ3v) is 9.86. The van der Waals surface area contributed by atoms with Crippen LogP contribution in [0.2, 0.25) is 0 Å². The van der Waals surface area contributed by atoms with Crippen molar-refractivity contribution >= 4 is 49.2 Å². The van der Waals surface area contributed by atoms with Crippen molar-refractivity contribution in [2.24, 2.45) is 0 Å². The maximum atomic E-state index is 15.8. The highest BCUT2D eigenvalue weighted by atomic mass is 32.1. The summed E-state index contributed by atoms with van der Waals surface area (Å²) in [6.45, 7) is 3.59. The van der Waals surface area contributed by atoms with Gasteiger partial charge in [-0.25, -0.2) is 18.0 Å². The Bertz CT molecular complexity index is 1910. The number of benzene rings is 2. The van der Waals surface area contributed by atoms with Gasteiger partial charge in [0.05, 0.1) is 30.0 Å². The Morgan fingerprint density at radius 2 is 1.86 bits per heavy atom. The second kappa shape index (κ2) is 15.1. The fourth-order valence-corrected chi connectivity index (χ4v) is 7.49. The molecule has 3 fully saturated rings. The number of carbonyl (C=O) groups excluding carboxylic acids is 1. The molecule has 50 heavy (non-hydrogen) atoms. The van der Waals surface area contributed by atoms with Gasteiger partial charge in [0.25, 0.3) is 0 Å². The minimum absolute atomic E-state index is 0.0791. The molecule has 4 aromatic rings. The van der Waals surface area contributed by atoms with E-state index in [1.165, 1.54) is 34.1 Å². The number of nitrogen functional groups attached to an aromatic ring is 1. The maximum Gasteiger partial charge on any atom is 0.417 e. The smallest absolute Gasteiger partial charge is 0.417 e. The Morgan fingerprint density at radius 1 is 1.14 bits per heavy atom. The molecule has 2 unspecified atom stereocenters. The molecule has 3 aliphatic heterocycles. The van der Waals surface area contributed by atoms with Gasteiger partial charge in [-0.3, -0.25) is 4.90 Å². The summed E-state index contributed by atoms with van der Waals surface area (Å²) in [4.78, 5) is 22.5. The molecular weight excluding hydrogens is 688 g/mol. The summed E-state index contributed by atoms with van der Waals surface area (Å²) in [6, 6.07) is 4.70. The molecule has 268 valence electrons. The number of nitrogens with zero attached hydrogens (tertiary/aromatic N) is 5. The van der Waals surface area contributed by atoms with Gasteiger partial charge in [-0.15, -0.1) is 11.3 Å². The molecule has 2 aromatic heterocycles. The van der Waals surface area contributed by atoms with Crippen molar-refractivity contribution in [3.05, 3.63) is 41.0 Å². The van der Waals surface area contributed by atoms with E-state index in [1.54, 1.807) is 11.0 Å². The van der Waals surface area contributed by atoms with E-state index in [-0.39, 0.29) is 49.5 Å². The lowest BCUT2D eigenvalue weighted by molar-refractivity contribution is -0.137. The van der Waals surface area contributed by atoms with Gasteiger partial charge in [-0.1, -0.05) is 6.07 Å². The van der Waals surface area contributed by atoms with Gasteiger partial charge in [0.15, 0.2) is 5.82 Å². The highest BCUT2D eigenvalue weighted by Crippen LogP contribution is 2.47. The molecule has 17 heteroatoms. The van der Waals surface area contributed by atoms with E-state index >= 15 is 4.39 Å². The van der Waals surface area contributed by atoms with E-state index < -0.39 is 40.6 Å². The minimum atomic E-state index is -5.00. The number of carbonyl (C=O) groups is 1. The van der Waals surface area contributed by atoms with Crippen molar-refractivity contribution in [1.82, 2.24) is 19.8 Å². The van der Waals surface area contributed by atoms with Crippen molar-refractivity contribution in [1.29, 1.82) is 5.26 Å². The molecule has 0 spiro atoms. The average molecular weight is 724 g/mol. The first kappa shape index (κ1) is 36.7. The number of hydrogen-bond acceptors (Lipinski definition) is 10. The number of anilines is 2. The van der Waals surface area contributed by atoms with Gasteiger partial charge >= 0.3 is 18.3 Å². The van der Waals surface area contributed by atoms with Crippen LogP contribution in [0.25, 0.3) is 32.1 Å². The van der Waals surface area contributed by atoms with Crippen LogP contribution in [-0.4, -0.2) is 85.5 Å². The summed E-state index contributed by atoms with van der Waals surface area (Å²) in [5.74, 6) is -2.20. The molecule has 7 rings (SSSR count).